The first-order valence-electron chi connectivity index (χ1n) is 10.0. The van der Waals surface area contributed by atoms with Crippen molar-refractivity contribution in [1.29, 1.82) is 0 Å². The zero-order valence-corrected chi connectivity index (χ0v) is 17.0. The smallest absolute Gasteiger partial charge is 0.252 e. The Morgan fingerprint density at radius 1 is 0.862 bits per heavy atom. The predicted octanol–water partition coefficient (Wildman–Crippen LogP) is 4.82. The van der Waals surface area contributed by atoms with Crippen molar-refractivity contribution in [3.8, 4) is 0 Å². The Hall–Kier alpha value is -3.40. The minimum atomic E-state index is -0.403. The largest absolute Gasteiger partial charge is 0.372 e. The van der Waals surface area contributed by atoms with Crippen LogP contribution in [0.1, 0.15) is 36.5 Å². The van der Waals surface area contributed by atoms with Gasteiger partial charge in [-0.2, -0.15) is 5.10 Å². The van der Waals surface area contributed by atoms with E-state index in [1.807, 2.05) is 72.8 Å². The quantitative estimate of drug-likeness (QED) is 0.446. The average molecular weight is 386 g/mol. The van der Waals surface area contributed by atoms with Gasteiger partial charge < -0.3 is 4.90 Å². The normalized spacial score (nSPS) is 11.0. The summed E-state index contributed by atoms with van der Waals surface area (Å²) in [5, 5.41) is 4.19. The summed E-state index contributed by atoms with van der Waals surface area (Å²) in [5.74, 6) is -0.557. The van der Waals surface area contributed by atoms with Crippen LogP contribution in [0.15, 0.2) is 90.0 Å². The zero-order chi connectivity index (χ0) is 20.5. The van der Waals surface area contributed by atoms with Gasteiger partial charge in [-0.1, -0.05) is 72.8 Å². The van der Waals surface area contributed by atoms with Crippen LogP contribution in [0.3, 0.4) is 0 Å². The van der Waals surface area contributed by atoms with E-state index in [2.05, 4.69) is 41.4 Å². The Bertz CT molecular complexity index is 878. The summed E-state index contributed by atoms with van der Waals surface area (Å²) >= 11 is 0. The predicted molar refractivity (Wildman–Crippen MR) is 120 cm³/mol. The number of hydrogen-bond donors (Lipinski definition) is 1. The van der Waals surface area contributed by atoms with Gasteiger partial charge in [0.05, 0.1) is 12.1 Å². The molecule has 0 spiro atoms. The number of nitrogens with one attached hydrogen (secondary N) is 1. The maximum atomic E-state index is 12.9. The van der Waals surface area contributed by atoms with Crippen LogP contribution >= 0.6 is 0 Å². The second kappa shape index (κ2) is 10.2. The van der Waals surface area contributed by atoms with E-state index in [1.54, 1.807) is 6.21 Å². The monoisotopic (exact) mass is 385 g/mol. The molecule has 4 heteroatoms. The number of rotatable bonds is 8. The first kappa shape index (κ1) is 20.3. The summed E-state index contributed by atoms with van der Waals surface area (Å²) < 4.78 is 0. The highest BCUT2D eigenvalue weighted by molar-refractivity contribution is 5.88. The van der Waals surface area contributed by atoms with Crippen LogP contribution in [0.4, 0.5) is 5.69 Å². The van der Waals surface area contributed by atoms with Crippen molar-refractivity contribution in [1.82, 2.24) is 5.43 Å². The fourth-order valence-electron chi connectivity index (χ4n) is 3.38. The molecular formula is C25H27N3O. The SMILES string of the molecule is CCN(CC)c1ccc(/C=N/NC(=O)C(c2ccccc2)c2ccccc2)cc1. The summed E-state index contributed by atoms with van der Waals surface area (Å²) in [6.45, 7) is 6.23. The van der Waals surface area contributed by atoms with Crippen molar-refractivity contribution in [2.45, 2.75) is 19.8 Å². The maximum absolute atomic E-state index is 12.9. The molecule has 0 aliphatic rings. The summed E-state index contributed by atoms with van der Waals surface area (Å²) in [6.07, 6.45) is 1.68. The van der Waals surface area contributed by atoms with Gasteiger partial charge in [-0.15, -0.1) is 0 Å². The van der Waals surface area contributed by atoms with E-state index >= 15 is 0 Å². The Balaban J connectivity index is 1.72. The lowest BCUT2D eigenvalue weighted by Crippen LogP contribution is -2.26. The van der Waals surface area contributed by atoms with E-state index in [1.165, 1.54) is 5.69 Å². The highest BCUT2D eigenvalue weighted by Gasteiger charge is 2.22. The third-order valence-corrected chi connectivity index (χ3v) is 4.94. The fraction of sp³-hybridized carbons (Fsp3) is 0.200. The maximum Gasteiger partial charge on any atom is 0.252 e. The Morgan fingerprint density at radius 3 is 1.86 bits per heavy atom. The minimum Gasteiger partial charge on any atom is -0.372 e. The molecule has 4 nitrogen and oxygen atoms in total. The van der Waals surface area contributed by atoms with Crippen molar-refractivity contribution in [2.75, 3.05) is 18.0 Å². The van der Waals surface area contributed by atoms with E-state index in [9.17, 15) is 4.79 Å². The molecule has 29 heavy (non-hydrogen) atoms. The number of amides is 1. The number of anilines is 1. The van der Waals surface area contributed by atoms with Crippen LogP contribution in [0.5, 0.6) is 0 Å². The van der Waals surface area contributed by atoms with Gasteiger partial charge in [0.25, 0.3) is 5.91 Å². The number of hydrogen-bond acceptors (Lipinski definition) is 3. The highest BCUT2D eigenvalue weighted by atomic mass is 16.2. The zero-order valence-electron chi connectivity index (χ0n) is 17.0. The molecule has 3 aromatic rings. The van der Waals surface area contributed by atoms with Crippen LogP contribution in [-0.4, -0.2) is 25.2 Å². The number of nitrogens with zero attached hydrogens (tertiary/aromatic N) is 2. The Labute approximate surface area is 172 Å². The molecule has 1 amide bonds. The van der Waals surface area contributed by atoms with Crippen molar-refractivity contribution < 1.29 is 4.79 Å². The highest BCUT2D eigenvalue weighted by Crippen LogP contribution is 2.24. The Morgan fingerprint density at radius 2 is 1.38 bits per heavy atom. The van der Waals surface area contributed by atoms with E-state index in [0.29, 0.717) is 0 Å². The fourth-order valence-corrected chi connectivity index (χ4v) is 3.38. The molecule has 3 aromatic carbocycles. The van der Waals surface area contributed by atoms with Crippen LogP contribution in [0, 0.1) is 0 Å². The molecule has 3 rings (SSSR count). The van der Waals surface area contributed by atoms with Crippen molar-refractivity contribution in [3.63, 3.8) is 0 Å². The number of benzene rings is 3. The molecule has 0 saturated carbocycles. The topological polar surface area (TPSA) is 44.7 Å². The molecule has 0 radical (unpaired) electrons. The van der Waals surface area contributed by atoms with Gasteiger partial charge in [-0.3, -0.25) is 4.79 Å². The lowest BCUT2D eigenvalue weighted by molar-refractivity contribution is -0.121. The third kappa shape index (κ3) is 5.32. The summed E-state index contributed by atoms with van der Waals surface area (Å²) in [6, 6.07) is 27.7. The lowest BCUT2D eigenvalue weighted by Gasteiger charge is -2.20. The number of hydrazone groups is 1. The third-order valence-electron chi connectivity index (χ3n) is 4.94. The number of carbonyl (C=O) groups is 1. The molecule has 0 saturated heterocycles. The van der Waals surface area contributed by atoms with Gasteiger partial charge in [0.2, 0.25) is 0 Å². The molecule has 0 aliphatic heterocycles. The van der Waals surface area contributed by atoms with Crippen molar-refractivity contribution in [2.24, 2.45) is 5.10 Å². The first-order valence-corrected chi connectivity index (χ1v) is 10.0. The van der Waals surface area contributed by atoms with Gasteiger partial charge in [0.15, 0.2) is 0 Å². The van der Waals surface area contributed by atoms with Crippen LogP contribution < -0.4 is 10.3 Å². The standard InChI is InChI=1S/C25H27N3O/c1-3-28(4-2)23-17-15-20(16-18-23)19-26-27-25(29)24(21-11-7-5-8-12-21)22-13-9-6-10-14-22/h5-19,24H,3-4H2,1-2H3,(H,27,29)/b26-19+. The van der Waals surface area contributed by atoms with Crippen molar-refractivity contribution in [3.05, 3.63) is 102 Å². The molecule has 0 atom stereocenters. The molecule has 0 unspecified atom stereocenters. The molecule has 0 aromatic heterocycles. The van der Waals surface area contributed by atoms with E-state index in [0.717, 1.165) is 29.8 Å². The lowest BCUT2D eigenvalue weighted by atomic mass is 9.91. The second-order valence-corrected chi connectivity index (χ2v) is 6.75. The van der Waals surface area contributed by atoms with E-state index < -0.39 is 5.92 Å². The molecule has 1 N–H and O–H groups in total. The van der Waals surface area contributed by atoms with Gasteiger partial charge in [-0.25, -0.2) is 5.43 Å². The van der Waals surface area contributed by atoms with Crippen molar-refractivity contribution >= 4 is 17.8 Å². The molecule has 0 heterocycles. The van der Waals surface area contributed by atoms with Crippen LogP contribution in [0.2, 0.25) is 0 Å². The number of carbonyl (C=O) groups excluding carboxylic acids is 1. The van der Waals surface area contributed by atoms with Gasteiger partial charge >= 0.3 is 0 Å². The molecule has 0 bridgehead atoms. The molecular weight excluding hydrogens is 358 g/mol. The van der Waals surface area contributed by atoms with Gasteiger partial charge in [-0.05, 0) is 42.7 Å². The van der Waals surface area contributed by atoms with Crippen LogP contribution in [-0.2, 0) is 4.79 Å². The van der Waals surface area contributed by atoms with Gasteiger partial charge in [0, 0.05) is 18.8 Å². The van der Waals surface area contributed by atoms with E-state index in [-0.39, 0.29) is 5.91 Å². The minimum absolute atomic E-state index is 0.154. The summed E-state index contributed by atoms with van der Waals surface area (Å²) in [5.41, 5.74) is 6.71. The van der Waals surface area contributed by atoms with Gasteiger partial charge in [0.1, 0.15) is 0 Å². The first-order chi connectivity index (χ1) is 14.2. The molecule has 0 aliphatic carbocycles. The van der Waals surface area contributed by atoms with E-state index in [4.69, 9.17) is 0 Å². The Kier molecular flexibility index (Phi) is 7.17. The molecule has 148 valence electrons. The van der Waals surface area contributed by atoms with Crippen LogP contribution in [0.25, 0.3) is 0 Å². The average Bonchev–Trinajstić information content (AvgIpc) is 2.77. The second-order valence-electron chi connectivity index (χ2n) is 6.75. The molecule has 0 fully saturated rings. The summed E-state index contributed by atoms with van der Waals surface area (Å²) in [4.78, 5) is 15.2. The summed E-state index contributed by atoms with van der Waals surface area (Å²) in [7, 11) is 0.